The predicted molar refractivity (Wildman–Crippen MR) is 107 cm³/mol. The molecule has 2 aromatic heterocycles. The summed E-state index contributed by atoms with van der Waals surface area (Å²) in [4.78, 5) is 27.0. The Bertz CT molecular complexity index is 988. The summed E-state index contributed by atoms with van der Waals surface area (Å²) in [7, 11) is 0. The van der Waals surface area contributed by atoms with Gasteiger partial charge in [0.2, 0.25) is 17.6 Å². The summed E-state index contributed by atoms with van der Waals surface area (Å²) >= 11 is 0. The van der Waals surface area contributed by atoms with Gasteiger partial charge in [0.25, 0.3) is 0 Å². The van der Waals surface area contributed by atoms with Crippen molar-refractivity contribution in [1.29, 1.82) is 0 Å². The van der Waals surface area contributed by atoms with Crippen molar-refractivity contribution in [3.8, 4) is 11.5 Å². The van der Waals surface area contributed by atoms with E-state index in [1.807, 2.05) is 0 Å². The van der Waals surface area contributed by atoms with E-state index >= 15 is 0 Å². The summed E-state index contributed by atoms with van der Waals surface area (Å²) < 4.78 is 19.2. The van der Waals surface area contributed by atoms with E-state index in [1.54, 1.807) is 41.7 Å². The first-order valence-electron chi connectivity index (χ1n) is 9.97. The lowest BCUT2D eigenvalue weighted by atomic mass is 9.96. The number of carbonyl (C=O) groups excluding carboxylic acids is 1. The molecule has 0 unspecified atom stereocenters. The average molecular weight is 410 g/mol. The number of carbonyl (C=O) groups is 1. The second-order valence-electron chi connectivity index (χ2n) is 7.46. The standard InChI is InChI=1S/C21H23FN6O2/c22-17-4-2-1-3-15(17)11-16(23)12-19(29)28-9-5-14(6-10-28)21-26-20(27-30-21)18-13-24-7-8-25-18/h1-4,7-8,13-14,16H,5-6,9-12,23H2/t16-/m1/s1. The fraction of sp³-hybridized carbons (Fsp3) is 0.381. The van der Waals surface area contributed by atoms with Gasteiger partial charge in [-0.1, -0.05) is 23.4 Å². The molecular weight excluding hydrogens is 387 g/mol. The van der Waals surface area contributed by atoms with Crippen molar-refractivity contribution in [2.45, 2.75) is 37.6 Å². The summed E-state index contributed by atoms with van der Waals surface area (Å²) in [5.74, 6) is 0.762. The molecule has 2 N–H and O–H groups in total. The Balaban J connectivity index is 1.28. The number of piperidine rings is 1. The highest BCUT2D eigenvalue weighted by Crippen LogP contribution is 2.28. The van der Waals surface area contributed by atoms with Crippen LogP contribution in [0, 0.1) is 5.82 Å². The molecule has 1 amide bonds. The second-order valence-corrected chi connectivity index (χ2v) is 7.46. The smallest absolute Gasteiger partial charge is 0.230 e. The first-order valence-corrected chi connectivity index (χ1v) is 9.97. The lowest BCUT2D eigenvalue weighted by Gasteiger charge is -2.31. The Labute approximate surface area is 173 Å². The maximum absolute atomic E-state index is 13.8. The molecule has 8 nitrogen and oxygen atoms in total. The molecule has 1 fully saturated rings. The maximum atomic E-state index is 13.8. The Hall–Kier alpha value is -3.20. The highest BCUT2D eigenvalue weighted by atomic mass is 19.1. The molecule has 1 atom stereocenters. The van der Waals surface area contributed by atoms with Gasteiger partial charge >= 0.3 is 0 Å². The molecule has 156 valence electrons. The Morgan fingerprint density at radius 3 is 2.80 bits per heavy atom. The summed E-state index contributed by atoms with van der Waals surface area (Å²) in [5.41, 5.74) is 7.19. The van der Waals surface area contributed by atoms with Gasteiger partial charge in [-0.15, -0.1) is 0 Å². The molecule has 4 rings (SSSR count). The van der Waals surface area contributed by atoms with Gasteiger partial charge < -0.3 is 15.2 Å². The van der Waals surface area contributed by atoms with Crippen LogP contribution in [0.4, 0.5) is 4.39 Å². The predicted octanol–water partition coefficient (Wildman–Crippen LogP) is 2.33. The highest BCUT2D eigenvalue weighted by molar-refractivity contribution is 5.77. The van der Waals surface area contributed by atoms with Gasteiger partial charge in [0.05, 0.1) is 6.20 Å². The van der Waals surface area contributed by atoms with Crippen LogP contribution in [0.5, 0.6) is 0 Å². The molecule has 1 saturated heterocycles. The van der Waals surface area contributed by atoms with Gasteiger partial charge in [-0.3, -0.25) is 9.78 Å². The van der Waals surface area contributed by atoms with Crippen molar-refractivity contribution in [2.24, 2.45) is 5.73 Å². The number of aromatic nitrogens is 4. The molecule has 1 aromatic carbocycles. The maximum Gasteiger partial charge on any atom is 0.230 e. The van der Waals surface area contributed by atoms with Crippen LogP contribution in [-0.2, 0) is 11.2 Å². The van der Waals surface area contributed by atoms with Crippen LogP contribution in [0.2, 0.25) is 0 Å². The SMILES string of the molecule is N[C@@H](CC(=O)N1CCC(c2nc(-c3cnccn3)no2)CC1)Cc1ccccc1F. The minimum atomic E-state index is -0.419. The molecule has 1 aliphatic rings. The van der Waals surface area contributed by atoms with E-state index in [-0.39, 0.29) is 24.1 Å². The Morgan fingerprint density at radius 1 is 1.27 bits per heavy atom. The number of nitrogens with zero attached hydrogens (tertiary/aromatic N) is 5. The Kier molecular flexibility index (Phi) is 6.08. The number of nitrogens with two attached hydrogens (primary N) is 1. The second kappa shape index (κ2) is 9.08. The fourth-order valence-electron chi connectivity index (χ4n) is 3.67. The number of halogens is 1. The van der Waals surface area contributed by atoms with Crippen LogP contribution in [0.25, 0.3) is 11.5 Å². The molecule has 0 saturated carbocycles. The molecule has 0 aliphatic carbocycles. The molecule has 0 radical (unpaired) electrons. The van der Waals surface area contributed by atoms with Crippen LogP contribution in [0.15, 0.2) is 47.4 Å². The van der Waals surface area contributed by atoms with E-state index in [0.29, 0.717) is 42.5 Å². The number of hydrogen-bond acceptors (Lipinski definition) is 7. The van der Waals surface area contributed by atoms with E-state index < -0.39 is 6.04 Å². The minimum Gasteiger partial charge on any atom is -0.343 e. The first-order chi connectivity index (χ1) is 14.6. The van der Waals surface area contributed by atoms with Crippen LogP contribution < -0.4 is 5.73 Å². The molecule has 0 spiro atoms. The van der Waals surface area contributed by atoms with Crippen molar-refractivity contribution in [2.75, 3.05) is 13.1 Å². The van der Waals surface area contributed by atoms with Crippen LogP contribution in [0.3, 0.4) is 0 Å². The third-order valence-corrected chi connectivity index (χ3v) is 5.31. The van der Waals surface area contributed by atoms with Crippen molar-refractivity contribution < 1.29 is 13.7 Å². The zero-order valence-corrected chi connectivity index (χ0v) is 16.4. The minimum absolute atomic E-state index is 0.0110. The third kappa shape index (κ3) is 4.68. The topological polar surface area (TPSA) is 111 Å². The van der Waals surface area contributed by atoms with E-state index in [1.165, 1.54) is 6.07 Å². The van der Waals surface area contributed by atoms with Gasteiger partial charge in [0, 0.05) is 43.9 Å². The van der Waals surface area contributed by atoms with Gasteiger partial charge in [-0.2, -0.15) is 4.98 Å². The van der Waals surface area contributed by atoms with Crippen molar-refractivity contribution in [3.63, 3.8) is 0 Å². The molecule has 3 aromatic rings. The number of amides is 1. The number of likely N-dealkylation sites (tertiary alicyclic amines) is 1. The van der Waals surface area contributed by atoms with Crippen molar-refractivity contribution in [3.05, 3.63) is 60.1 Å². The van der Waals surface area contributed by atoms with E-state index in [2.05, 4.69) is 20.1 Å². The lowest BCUT2D eigenvalue weighted by Crippen LogP contribution is -2.41. The van der Waals surface area contributed by atoms with Crippen molar-refractivity contribution >= 4 is 5.91 Å². The van der Waals surface area contributed by atoms with Crippen molar-refractivity contribution in [1.82, 2.24) is 25.0 Å². The van der Waals surface area contributed by atoms with Crippen LogP contribution in [-0.4, -0.2) is 50.0 Å². The quantitative estimate of drug-likeness (QED) is 0.664. The van der Waals surface area contributed by atoms with E-state index in [4.69, 9.17) is 10.3 Å². The average Bonchev–Trinajstić information content (AvgIpc) is 3.26. The lowest BCUT2D eigenvalue weighted by molar-refractivity contribution is -0.132. The monoisotopic (exact) mass is 410 g/mol. The van der Waals surface area contributed by atoms with Crippen LogP contribution in [0.1, 0.15) is 36.6 Å². The number of hydrogen-bond donors (Lipinski definition) is 1. The summed E-state index contributed by atoms with van der Waals surface area (Å²) in [5, 5.41) is 3.99. The zero-order chi connectivity index (χ0) is 20.9. The number of rotatable bonds is 6. The van der Waals surface area contributed by atoms with Gasteiger partial charge in [0.1, 0.15) is 11.5 Å². The summed E-state index contributed by atoms with van der Waals surface area (Å²) in [6.07, 6.45) is 6.73. The van der Waals surface area contributed by atoms with E-state index in [9.17, 15) is 9.18 Å². The largest absolute Gasteiger partial charge is 0.343 e. The first kappa shape index (κ1) is 20.1. The molecule has 3 heterocycles. The fourth-order valence-corrected chi connectivity index (χ4v) is 3.67. The van der Waals surface area contributed by atoms with Gasteiger partial charge in [-0.25, -0.2) is 9.37 Å². The molecular formula is C21H23FN6O2. The van der Waals surface area contributed by atoms with E-state index in [0.717, 1.165) is 12.8 Å². The summed E-state index contributed by atoms with van der Waals surface area (Å²) in [6.45, 7) is 1.19. The normalized spacial score (nSPS) is 15.9. The van der Waals surface area contributed by atoms with Crippen LogP contribution >= 0.6 is 0 Å². The molecule has 30 heavy (non-hydrogen) atoms. The molecule has 9 heteroatoms. The van der Waals surface area contributed by atoms with Gasteiger partial charge in [0.15, 0.2) is 0 Å². The van der Waals surface area contributed by atoms with Gasteiger partial charge in [-0.05, 0) is 30.9 Å². The zero-order valence-electron chi connectivity index (χ0n) is 16.4. The molecule has 0 bridgehead atoms. The Morgan fingerprint density at radius 2 is 2.07 bits per heavy atom. The number of benzene rings is 1. The summed E-state index contributed by atoms with van der Waals surface area (Å²) in [6, 6.07) is 6.09. The molecule has 1 aliphatic heterocycles. The highest BCUT2D eigenvalue weighted by Gasteiger charge is 2.28. The third-order valence-electron chi connectivity index (χ3n) is 5.31.